The van der Waals surface area contributed by atoms with Gasteiger partial charge in [0, 0.05) is 36.0 Å². The molecule has 6 rings (SSSR count). The number of aliphatic imine (C=N–C) groups is 1. The average Bonchev–Trinajstić information content (AvgIpc) is 3.42. The van der Waals surface area contributed by atoms with Crippen molar-refractivity contribution >= 4 is 33.5 Å². The van der Waals surface area contributed by atoms with Gasteiger partial charge in [-0.2, -0.15) is 18.4 Å². The zero-order valence-corrected chi connectivity index (χ0v) is 21.8. The number of amidine groups is 1. The molecule has 7 nitrogen and oxygen atoms in total. The lowest BCUT2D eigenvalue weighted by atomic mass is 9.92. The van der Waals surface area contributed by atoms with Gasteiger partial charge in [-0.15, -0.1) is 0 Å². The van der Waals surface area contributed by atoms with Crippen LogP contribution >= 0.6 is 11.8 Å². The Morgan fingerprint density at radius 3 is 2.49 bits per heavy atom. The van der Waals surface area contributed by atoms with E-state index in [1.807, 2.05) is 30.3 Å². The highest BCUT2D eigenvalue weighted by atomic mass is 32.2. The molecule has 1 aromatic heterocycles. The minimum absolute atomic E-state index is 0.000860. The van der Waals surface area contributed by atoms with Gasteiger partial charge in [-0.1, -0.05) is 23.9 Å². The van der Waals surface area contributed by atoms with E-state index in [4.69, 9.17) is 9.47 Å². The minimum Gasteiger partial charge on any atom is -0.490 e. The van der Waals surface area contributed by atoms with Gasteiger partial charge >= 0.3 is 6.18 Å². The van der Waals surface area contributed by atoms with Crippen LogP contribution in [0.1, 0.15) is 43.7 Å². The topological polar surface area (TPSA) is 91.8 Å². The maximum atomic E-state index is 13.1. The molecule has 1 atom stereocenters. The van der Waals surface area contributed by atoms with Crippen molar-refractivity contribution in [3.8, 4) is 23.1 Å². The van der Waals surface area contributed by atoms with E-state index in [1.54, 1.807) is 12.1 Å². The Morgan fingerprint density at radius 2 is 1.87 bits per heavy atom. The van der Waals surface area contributed by atoms with Crippen molar-refractivity contribution in [3.05, 3.63) is 48.0 Å². The first kappa shape index (κ1) is 26.0. The van der Waals surface area contributed by atoms with Crippen molar-refractivity contribution in [2.24, 2.45) is 4.99 Å². The highest BCUT2D eigenvalue weighted by molar-refractivity contribution is 8.14. The summed E-state index contributed by atoms with van der Waals surface area (Å²) in [5.41, 5.74) is 0.653. The lowest BCUT2D eigenvalue weighted by Crippen LogP contribution is -2.43. The van der Waals surface area contributed by atoms with Gasteiger partial charge in [0.15, 0.2) is 5.17 Å². The zero-order chi connectivity index (χ0) is 27.2. The van der Waals surface area contributed by atoms with Crippen LogP contribution in [0.15, 0.2) is 47.5 Å². The third kappa shape index (κ3) is 4.86. The van der Waals surface area contributed by atoms with Crippen LogP contribution in [0.25, 0.3) is 22.2 Å². The number of hydrogen-bond donors (Lipinski definition) is 2. The molecule has 2 aliphatic heterocycles. The summed E-state index contributed by atoms with van der Waals surface area (Å²) < 4.78 is 53.2. The van der Waals surface area contributed by atoms with Gasteiger partial charge in [-0.05, 0) is 49.1 Å². The Labute approximate surface area is 227 Å². The predicted octanol–water partition coefficient (Wildman–Crippen LogP) is 6.23. The van der Waals surface area contributed by atoms with Crippen LogP contribution < -0.4 is 10.1 Å². The Hall–Kier alpha value is -3.20. The molecule has 3 heterocycles. The number of anilines is 1. The minimum atomic E-state index is -4.84. The third-order valence-corrected chi connectivity index (χ3v) is 8.57. The first-order valence-corrected chi connectivity index (χ1v) is 14.0. The number of benzene rings is 2. The monoisotopic (exact) mass is 556 g/mol. The Balaban J connectivity index is 1.33. The van der Waals surface area contributed by atoms with Crippen molar-refractivity contribution in [2.75, 3.05) is 24.3 Å². The summed E-state index contributed by atoms with van der Waals surface area (Å²) in [5, 5.41) is 23.7. The third-order valence-electron chi connectivity index (χ3n) is 7.56. The molecule has 1 unspecified atom stereocenters. The molecule has 0 radical (unpaired) electrons. The summed E-state index contributed by atoms with van der Waals surface area (Å²) in [7, 11) is 0. The number of alkyl halides is 3. The van der Waals surface area contributed by atoms with Crippen molar-refractivity contribution < 1.29 is 27.8 Å². The number of nitrogens with zero attached hydrogens (tertiary/aromatic N) is 3. The molecule has 1 saturated heterocycles. The number of nitrogens with one attached hydrogen (secondary N) is 1. The van der Waals surface area contributed by atoms with Gasteiger partial charge in [0.2, 0.25) is 0 Å². The highest BCUT2D eigenvalue weighted by Gasteiger charge is 2.57. The molecular formula is C28H27F3N4O3S. The number of fused-ring (bicyclic) bond motifs is 1. The molecule has 1 aliphatic carbocycles. The average molecular weight is 557 g/mol. The summed E-state index contributed by atoms with van der Waals surface area (Å²) in [5.74, 6) is 0.182. The molecule has 0 spiro atoms. The van der Waals surface area contributed by atoms with Gasteiger partial charge in [0.1, 0.15) is 17.9 Å². The molecule has 0 bridgehead atoms. The fraction of sp³-hybridized carbons (Fsp3) is 0.429. The zero-order valence-electron chi connectivity index (χ0n) is 21.0. The molecule has 3 aliphatic rings. The van der Waals surface area contributed by atoms with E-state index in [0.717, 1.165) is 71.8 Å². The molecule has 204 valence electrons. The molecule has 2 N–H and O–H groups in total. The van der Waals surface area contributed by atoms with E-state index in [9.17, 15) is 23.5 Å². The van der Waals surface area contributed by atoms with E-state index in [1.165, 1.54) is 0 Å². The molecule has 2 fully saturated rings. The number of rotatable bonds is 5. The number of aromatic nitrogens is 1. The number of halogens is 3. The van der Waals surface area contributed by atoms with Crippen molar-refractivity contribution in [2.45, 2.75) is 56.2 Å². The molecule has 3 aromatic rings. The summed E-state index contributed by atoms with van der Waals surface area (Å²) in [6.45, 7) is 1.38. The van der Waals surface area contributed by atoms with Crippen LogP contribution in [0.3, 0.4) is 0 Å². The molecule has 2 aromatic carbocycles. The number of thioether (sulfide) groups is 1. The van der Waals surface area contributed by atoms with Crippen LogP contribution in [0.2, 0.25) is 0 Å². The second kappa shape index (κ2) is 10.1. The first-order valence-electron chi connectivity index (χ1n) is 13.0. The van der Waals surface area contributed by atoms with Gasteiger partial charge in [-0.3, -0.25) is 0 Å². The highest BCUT2D eigenvalue weighted by Crippen LogP contribution is 2.44. The van der Waals surface area contributed by atoms with Crippen LogP contribution in [0.4, 0.5) is 18.9 Å². The van der Waals surface area contributed by atoms with Crippen molar-refractivity contribution in [1.82, 2.24) is 4.57 Å². The van der Waals surface area contributed by atoms with Crippen LogP contribution in [0.5, 0.6) is 5.75 Å². The largest absolute Gasteiger partial charge is 0.490 e. The summed E-state index contributed by atoms with van der Waals surface area (Å²) in [6, 6.07) is 15.8. The fourth-order valence-electron chi connectivity index (χ4n) is 5.22. The standard InChI is InChI=1S/C28H27F3N4O3S/c29-28(30,31)27(36)16-39-26(34-27)33-18-6-4-17(5-7-18)25-23(15-32)22-9-8-21(38-20-10-12-37-13-11-20)14-24(22)35(25)19-2-1-3-19/h4-9,14,19-20,36H,1-3,10-13,16H2,(H,33,34). The lowest BCUT2D eigenvalue weighted by Gasteiger charge is -2.30. The van der Waals surface area contributed by atoms with Gasteiger partial charge in [-0.25, -0.2) is 4.99 Å². The predicted molar refractivity (Wildman–Crippen MR) is 144 cm³/mol. The number of ether oxygens (including phenoxy) is 2. The molecule has 11 heteroatoms. The van der Waals surface area contributed by atoms with Crippen LogP contribution in [-0.4, -0.2) is 51.8 Å². The Morgan fingerprint density at radius 1 is 1.13 bits per heavy atom. The van der Waals surface area contributed by atoms with E-state index < -0.39 is 17.7 Å². The Bertz CT molecular complexity index is 1450. The maximum Gasteiger partial charge on any atom is 0.439 e. The summed E-state index contributed by atoms with van der Waals surface area (Å²) in [6.07, 6.45) is 0.112. The van der Waals surface area contributed by atoms with E-state index >= 15 is 0 Å². The second-order valence-electron chi connectivity index (χ2n) is 10.1. The van der Waals surface area contributed by atoms with E-state index in [2.05, 4.69) is 20.9 Å². The van der Waals surface area contributed by atoms with Crippen molar-refractivity contribution in [1.29, 1.82) is 5.26 Å². The second-order valence-corrected chi connectivity index (χ2v) is 11.1. The molecule has 0 amide bonds. The molecular weight excluding hydrogens is 529 g/mol. The normalized spacial score (nSPS) is 22.4. The van der Waals surface area contributed by atoms with Gasteiger partial charge < -0.3 is 24.5 Å². The lowest BCUT2D eigenvalue weighted by molar-refractivity contribution is -0.245. The summed E-state index contributed by atoms with van der Waals surface area (Å²) in [4.78, 5) is 3.46. The number of nitriles is 1. The van der Waals surface area contributed by atoms with Crippen LogP contribution in [-0.2, 0) is 4.74 Å². The quantitative estimate of drug-likeness (QED) is 0.387. The summed E-state index contributed by atoms with van der Waals surface area (Å²) >= 11 is 0.814. The van der Waals surface area contributed by atoms with E-state index in [-0.39, 0.29) is 17.3 Å². The van der Waals surface area contributed by atoms with Crippen LogP contribution in [0, 0.1) is 11.3 Å². The first-order chi connectivity index (χ1) is 18.8. The van der Waals surface area contributed by atoms with Gasteiger partial charge in [0.25, 0.3) is 5.72 Å². The maximum absolute atomic E-state index is 13.1. The van der Waals surface area contributed by atoms with E-state index in [0.29, 0.717) is 24.5 Å². The smallest absolute Gasteiger partial charge is 0.439 e. The fourth-order valence-corrected chi connectivity index (χ4v) is 6.19. The van der Waals surface area contributed by atoms with Crippen molar-refractivity contribution in [3.63, 3.8) is 0 Å². The number of aliphatic hydroxyl groups is 1. The van der Waals surface area contributed by atoms with Gasteiger partial charge in [0.05, 0.1) is 35.7 Å². The number of hydrogen-bond acceptors (Lipinski definition) is 7. The Kier molecular flexibility index (Phi) is 6.73. The molecule has 39 heavy (non-hydrogen) atoms. The SMILES string of the molecule is N#Cc1c(-c2ccc(NC3=NC(O)(C(F)(F)F)CS3)cc2)n(C2CCC2)c2cc(OC3CCOCC3)ccc12. The molecule has 1 saturated carbocycles.